The number of aromatic nitrogens is 3. The van der Waals surface area contributed by atoms with Gasteiger partial charge in [-0.1, -0.05) is 13.8 Å². The summed E-state index contributed by atoms with van der Waals surface area (Å²) in [5, 5.41) is 4.10. The molecule has 2 N–H and O–H groups in total. The average molecular weight is 354 g/mol. The minimum absolute atomic E-state index is 0. The molecule has 8 heteroatoms. The van der Waals surface area contributed by atoms with Crippen LogP contribution in [0.4, 0.5) is 0 Å². The van der Waals surface area contributed by atoms with Crippen LogP contribution >= 0.6 is 12.4 Å². The second-order valence-corrected chi connectivity index (χ2v) is 6.94. The molecule has 132 valence electrons. The van der Waals surface area contributed by atoms with Crippen molar-refractivity contribution in [1.29, 1.82) is 0 Å². The fourth-order valence-corrected chi connectivity index (χ4v) is 2.95. The Morgan fingerprint density at radius 3 is 2.75 bits per heavy atom. The number of hydrogen-bond acceptors (Lipinski definition) is 5. The zero-order valence-corrected chi connectivity index (χ0v) is 15.3. The highest BCUT2D eigenvalue weighted by Crippen LogP contribution is 2.29. The maximum atomic E-state index is 12.8. The Kier molecular flexibility index (Phi) is 5.05. The SMILES string of the molecule is Cc1oc(-c2cnn(C)c2)nc1C(=O)N1CCC(N)C(C)(C)C1.Cl. The predicted molar refractivity (Wildman–Crippen MR) is 93.0 cm³/mol. The van der Waals surface area contributed by atoms with Gasteiger partial charge in [0.1, 0.15) is 5.76 Å². The van der Waals surface area contributed by atoms with Crippen LogP contribution in [-0.2, 0) is 7.05 Å². The van der Waals surface area contributed by atoms with Gasteiger partial charge in [0.15, 0.2) is 5.69 Å². The van der Waals surface area contributed by atoms with Crippen LogP contribution in [0.1, 0.15) is 36.5 Å². The number of aryl methyl sites for hydroxylation is 2. The molecule has 1 saturated heterocycles. The summed E-state index contributed by atoms with van der Waals surface area (Å²) in [7, 11) is 1.82. The van der Waals surface area contributed by atoms with E-state index in [9.17, 15) is 4.79 Å². The number of piperidine rings is 1. The Labute approximate surface area is 147 Å². The molecule has 1 atom stereocenters. The van der Waals surface area contributed by atoms with Gasteiger partial charge in [-0.2, -0.15) is 5.10 Å². The van der Waals surface area contributed by atoms with Gasteiger partial charge in [0, 0.05) is 32.4 Å². The summed E-state index contributed by atoms with van der Waals surface area (Å²) in [5.74, 6) is 0.856. The Morgan fingerprint density at radius 1 is 1.46 bits per heavy atom. The maximum Gasteiger partial charge on any atom is 0.276 e. The number of nitrogens with two attached hydrogens (primary N) is 1. The molecule has 1 aliphatic rings. The molecule has 0 aliphatic carbocycles. The van der Waals surface area contributed by atoms with Crippen molar-refractivity contribution in [3.05, 3.63) is 23.8 Å². The predicted octanol–water partition coefficient (Wildman–Crippen LogP) is 2.00. The van der Waals surface area contributed by atoms with E-state index in [0.717, 1.165) is 12.0 Å². The number of carbonyl (C=O) groups excluding carboxylic acids is 1. The van der Waals surface area contributed by atoms with E-state index in [-0.39, 0.29) is 29.8 Å². The van der Waals surface area contributed by atoms with Gasteiger partial charge in [-0.05, 0) is 18.8 Å². The first-order valence-corrected chi connectivity index (χ1v) is 7.79. The van der Waals surface area contributed by atoms with Gasteiger partial charge in [-0.3, -0.25) is 9.48 Å². The first-order chi connectivity index (χ1) is 10.8. The molecule has 3 heterocycles. The van der Waals surface area contributed by atoms with Crippen molar-refractivity contribution in [2.24, 2.45) is 18.2 Å². The van der Waals surface area contributed by atoms with E-state index in [2.05, 4.69) is 23.9 Å². The lowest BCUT2D eigenvalue weighted by atomic mass is 9.79. The largest absolute Gasteiger partial charge is 0.440 e. The monoisotopic (exact) mass is 353 g/mol. The summed E-state index contributed by atoms with van der Waals surface area (Å²) in [6.45, 7) is 7.22. The average Bonchev–Trinajstić information content (AvgIpc) is 3.07. The minimum Gasteiger partial charge on any atom is -0.440 e. The quantitative estimate of drug-likeness (QED) is 0.891. The third-order valence-corrected chi connectivity index (χ3v) is 4.55. The summed E-state index contributed by atoms with van der Waals surface area (Å²) in [6.07, 6.45) is 4.27. The number of halogens is 1. The number of oxazole rings is 1. The molecule has 24 heavy (non-hydrogen) atoms. The van der Waals surface area contributed by atoms with E-state index in [0.29, 0.717) is 30.4 Å². The van der Waals surface area contributed by atoms with Crippen molar-refractivity contribution >= 4 is 18.3 Å². The third kappa shape index (κ3) is 3.32. The number of nitrogens with zero attached hydrogens (tertiary/aromatic N) is 4. The van der Waals surface area contributed by atoms with E-state index < -0.39 is 0 Å². The van der Waals surface area contributed by atoms with Crippen molar-refractivity contribution in [2.75, 3.05) is 13.1 Å². The van der Waals surface area contributed by atoms with Crippen molar-refractivity contribution in [1.82, 2.24) is 19.7 Å². The molecule has 1 unspecified atom stereocenters. The van der Waals surface area contributed by atoms with E-state index in [1.807, 2.05) is 18.1 Å². The second-order valence-electron chi connectivity index (χ2n) is 6.94. The van der Waals surface area contributed by atoms with Gasteiger partial charge < -0.3 is 15.1 Å². The number of rotatable bonds is 2. The van der Waals surface area contributed by atoms with Crippen LogP contribution in [0.15, 0.2) is 16.8 Å². The summed E-state index contributed by atoms with van der Waals surface area (Å²) in [6, 6.07) is 0.107. The highest BCUT2D eigenvalue weighted by Gasteiger charge is 2.36. The molecule has 1 fully saturated rings. The number of carbonyl (C=O) groups is 1. The third-order valence-electron chi connectivity index (χ3n) is 4.55. The smallest absolute Gasteiger partial charge is 0.276 e. The first-order valence-electron chi connectivity index (χ1n) is 7.79. The lowest BCUT2D eigenvalue weighted by molar-refractivity contribution is 0.0526. The summed E-state index contributed by atoms with van der Waals surface area (Å²) in [5.41, 5.74) is 7.18. The van der Waals surface area contributed by atoms with Crippen molar-refractivity contribution in [3.63, 3.8) is 0 Å². The molecule has 0 bridgehead atoms. The van der Waals surface area contributed by atoms with Crippen molar-refractivity contribution in [2.45, 2.75) is 33.2 Å². The maximum absolute atomic E-state index is 12.8. The van der Waals surface area contributed by atoms with Gasteiger partial charge >= 0.3 is 0 Å². The fraction of sp³-hybridized carbons (Fsp3) is 0.562. The highest BCUT2D eigenvalue weighted by molar-refractivity contribution is 5.93. The van der Waals surface area contributed by atoms with Gasteiger partial charge in [0.25, 0.3) is 5.91 Å². The molecular formula is C16H24ClN5O2. The molecule has 2 aromatic rings. The van der Waals surface area contributed by atoms with Gasteiger partial charge in [-0.15, -0.1) is 12.4 Å². The fourth-order valence-electron chi connectivity index (χ4n) is 2.95. The number of hydrogen-bond donors (Lipinski definition) is 1. The lowest BCUT2D eigenvalue weighted by Crippen LogP contribution is -2.54. The Hall–Kier alpha value is -1.86. The zero-order valence-electron chi connectivity index (χ0n) is 14.4. The normalized spacial score (nSPS) is 19.9. The topological polar surface area (TPSA) is 90.2 Å². The standard InChI is InChI=1S/C16H23N5O2.ClH/c1-10-13(19-14(23-10)11-7-18-20(4)8-11)15(22)21-6-5-12(17)16(2,3)9-21;/h7-8,12H,5-6,9,17H2,1-4H3;1H. The molecule has 1 aliphatic heterocycles. The Morgan fingerprint density at radius 2 is 2.17 bits per heavy atom. The van der Waals surface area contributed by atoms with Crippen LogP contribution in [0, 0.1) is 12.3 Å². The van der Waals surface area contributed by atoms with Gasteiger partial charge in [0.05, 0.1) is 11.8 Å². The van der Waals surface area contributed by atoms with Crippen LogP contribution in [0.25, 0.3) is 11.5 Å². The summed E-state index contributed by atoms with van der Waals surface area (Å²) in [4.78, 5) is 19.0. The van der Waals surface area contributed by atoms with Crippen molar-refractivity contribution < 1.29 is 9.21 Å². The van der Waals surface area contributed by atoms with E-state index in [1.165, 1.54) is 0 Å². The van der Waals surface area contributed by atoms with E-state index >= 15 is 0 Å². The first kappa shape index (κ1) is 18.5. The van der Waals surface area contributed by atoms with E-state index in [1.54, 1.807) is 17.8 Å². The van der Waals surface area contributed by atoms with Crippen LogP contribution in [0.5, 0.6) is 0 Å². The second kappa shape index (κ2) is 6.57. The minimum atomic E-state index is -0.0995. The van der Waals surface area contributed by atoms with Gasteiger partial charge in [0.2, 0.25) is 5.89 Å². The lowest BCUT2D eigenvalue weighted by Gasteiger charge is -2.42. The van der Waals surface area contributed by atoms with Crippen molar-refractivity contribution in [3.8, 4) is 11.5 Å². The van der Waals surface area contributed by atoms with E-state index in [4.69, 9.17) is 10.2 Å². The molecule has 0 aromatic carbocycles. The molecule has 0 radical (unpaired) electrons. The highest BCUT2D eigenvalue weighted by atomic mass is 35.5. The van der Waals surface area contributed by atoms with Gasteiger partial charge in [-0.25, -0.2) is 4.98 Å². The summed E-state index contributed by atoms with van der Waals surface area (Å²) < 4.78 is 7.33. The Bertz CT molecular complexity index is 737. The Balaban J connectivity index is 0.00000208. The molecule has 2 aromatic heterocycles. The van der Waals surface area contributed by atoms with Crippen LogP contribution in [0.3, 0.4) is 0 Å². The van der Waals surface area contributed by atoms with Crippen LogP contribution in [-0.4, -0.2) is 44.7 Å². The molecule has 0 saturated carbocycles. The molecule has 7 nitrogen and oxygen atoms in total. The molecular weight excluding hydrogens is 330 g/mol. The molecule has 3 rings (SSSR count). The van der Waals surface area contributed by atoms with Crippen LogP contribution in [0.2, 0.25) is 0 Å². The van der Waals surface area contributed by atoms with Crippen LogP contribution < -0.4 is 5.73 Å². The number of likely N-dealkylation sites (tertiary alicyclic amines) is 1. The number of amides is 1. The molecule has 1 amide bonds. The summed E-state index contributed by atoms with van der Waals surface area (Å²) >= 11 is 0. The molecule has 0 spiro atoms. The zero-order chi connectivity index (χ0) is 16.8.